The zero-order chi connectivity index (χ0) is 19.4. The molecule has 0 saturated carbocycles. The molecule has 0 heterocycles. The van der Waals surface area contributed by atoms with E-state index in [1.807, 2.05) is 92.7 Å². The predicted molar refractivity (Wildman–Crippen MR) is 110 cm³/mol. The second-order valence-corrected chi connectivity index (χ2v) is 9.74. The monoisotopic (exact) mass is 379 g/mol. The van der Waals surface area contributed by atoms with Crippen LogP contribution in [0.2, 0.25) is 0 Å². The van der Waals surface area contributed by atoms with Gasteiger partial charge in [0.1, 0.15) is 5.66 Å². The fourth-order valence-corrected chi connectivity index (χ4v) is 6.45. The van der Waals surface area contributed by atoms with Crippen LogP contribution in [0.5, 0.6) is 0 Å². The molecule has 0 radical (unpaired) electrons. The summed E-state index contributed by atoms with van der Waals surface area (Å²) < 4.78 is 14.6. The lowest BCUT2D eigenvalue weighted by molar-refractivity contribution is -0.480. The van der Waals surface area contributed by atoms with E-state index in [9.17, 15) is 14.7 Å². The second-order valence-electron chi connectivity index (χ2n) is 6.77. The van der Waals surface area contributed by atoms with Gasteiger partial charge in [-0.2, -0.15) is 0 Å². The summed E-state index contributed by atoms with van der Waals surface area (Å²) in [6.45, 7) is 3.54. The van der Waals surface area contributed by atoms with Crippen molar-refractivity contribution >= 4 is 17.8 Å². The van der Waals surface area contributed by atoms with Crippen LogP contribution in [-0.2, 0) is 4.57 Å². The van der Waals surface area contributed by atoms with Crippen LogP contribution in [0.15, 0.2) is 78.9 Å². The van der Waals surface area contributed by atoms with E-state index in [0.717, 1.165) is 16.7 Å². The summed E-state index contributed by atoms with van der Waals surface area (Å²) >= 11 is 0. The van der Waals surface area contributed by atoms with Crippen molar-refractivity contribution in [2.75, 3.05) is 6.54 Å². The van der Waals surface area contributed by atoms with Crippen molar-refractivity contribution in [2.45, 2.75) is 19.5 Å². The molecule has 0 aliphatic heterocycles. The summed E-state index contributed by atoms with van der Waals surface area (Å²) in [6, 6.07) is 24.1. The predicted octanol–water partition coefficient (Wildman–Crippen LogP) is 4.64. The zero-order valence-electron chi connectivity index (χ0n) is 15.4. The van der Waals surface area contributed by atoms with Crippen molar-refractivity contribution in [3.05, 3.63) is 106 Å². The Morgan fingerprint density at radius 1 is 0.815 bits per heavy atom. The van der Waals surface area contributed by atoms with Crippen LogP contribution in [0.1, 0.15) is 22.3 Å². The Labute approximate surface area is 159 Å². The number of nitro groups is 1. The third kappa shape index (κ3) is 4.01. The molecule has 138 valence electrons. The molecule has 5 heteroatoms. The van der Waals surface area contributed by atoms with Crippen LogP contribution in [-0.4, -0.2) is 11.5 Å². The van der Waals surface area contributed by atoms with Crippen LogP contribution in [0.25, 0.3) is 0 Å². The molecule has 0 aromatic heterocycles. The van der Waals surface area contributed by atoms with Gasteiger partial charge in [-0.05, 0) is 19.4 Å². The first-order chi connectivity index (χ1) is 12.9. The van der Waals surface area contributed by atoms with E-state index >= 15 is 0 Å². The molecule has 0 spiro atoms. The van der Waals surface area contributed by atoms with Gasteiger partial charge in [-0.3, -0.25) is 10.1 Å². The molecule has 3 aromatic rings. The Balaban J connectivity index is 2.26. The van der Waals surface area contributed by atoms with Crippen molar-refractivity contribution in [3.63, 3.8) is 0 Å². The molecule has 0 aliphatic rings. The first-order valence-electron chi connectivity index (χ1n) is 8.82. The van der Waals surface area contributed by atoms with Gasteiger partial charge in [0.25, 0.3) is 0 Å². The summed E-state index contributed by atoms with van der Waals surface area (Å²) in [5.74, 6) is 0. The second kappa shape index (κ2) is 7.89. The maximum Gasteiger partial charge on any atom is 0.218 e. The maximum atomic E-state index is 14.6. The first-order valence-corrected chi connectivity index (χ1v) is 10.6. The minimum absolute atomic E-state index is 0.368. The van der Waals surface area contributed by atoms with Gasteiger partial charge < -0.3 is 4.57 Å². The van der Waals surface area contributed by atoms with Gasteiger partial charge in [0, 0.05) is 15.5 Å². The SMILES string of the molecule is Cc1ccc(P(=O)(c2ccc(C)cc2)C(C[N+](=O)[O-])c2ccccc2)cc1. The molecule has 3 rings (SSSR count). The summed E-state index contributed by atoms with van der Waals surface area (Å²) in [5.41, 5.74) is 2.11. The molecular formula is C22H22NO3P. The smallest absolute Gasteiger partial charge is 0.218 e. The molecule has 1 unspecified atom stereocenters. The van der Waals surface area contributed by atoms with E-state index in [2.05, 4.69) is 0 Å². The third-order valence-electron chi connectivity index (χ3n) is 4.78. The normalized spacial score (nSPS) is 12.5. The van der Waals surface area contributed by atoms with E-state index in [4.69, 9.17) is 0 Å². The van der Waals surface area contributed by atoms with Crippen molar-refractivity contribution in [1.29, 1.82) is 0 Å². The van der Waals surface area contributed by atoms with Gasteiger partial charge in [0.15, 0.2) is 7.14 Å². The minimum Gasteiger partial charge on any atom is -0.313 e. The molecule has 0 saturated heterocycles. The van der Waals surface area contributed by atoms with Gasteiger partial charge in [-0.25, -0.2) is 0 Å². The number of nitrogens with zero attached hydrogens (tertiary/aromatic N) is 1. The zero-order valence-corrected chi connectivity index (χ0v) is 16.3. The summed E-state index contributed by atoms with van der Waals surface area (Å²) in [6.07, 6.45) is 0. The lowest BCUT2D eigenvalue weighted by Crippen LogP contribution is -2.26. The van der Waals surface area contributed by atoms with E-state index < -0.39 is 12.8 Å². The minimum atomic E-state index is -3.29. The Morgan fingerprint density at radius 2 is 1.26 bits per heavy atom. The molecule has 0 amide bonds. The Kier molecular flexibility index (Phi) is 5.57. The highest BCUT2D eigenvalue weighted by molar-refractivity contribution is 7.79. The molecule has 0 N–H and O–H groups in total. The fourth-order valence-electron chi connectivity index (χ4n) is 3.29. The van der Waals surface area contributed by atoms with Crippen LogP contribution in [0.4, 0.5) is 0 Å². The topological polar surface area (TPSA) is 60.2 Å². The quantitative estimate of drug-likeness (QED) is 0.356. The largest absolute Gasteiger partial charge is 0.313 e. The van der Waals surface area contributed by atoms with Gasteiger partial charge in [0.2, 0.25) is 6.54 Å². The molecule has 0 bridgehead atoms. The van der Waals surface area contributed by atoms with E-state index in [0.29, 0.717) is 10.6 Å². The van der Waals surface area contributed by atoms with Crippen LogP contribution in [0.3, 0.4) is 0 Å². The highest BCUT2D eigenvalue weighted by Crippen LogP contribution is 2.57. The van der Waals surface area contributed by atoms with Gasteiger partial charge in [-0.15, -0.1) is 0 Å². The van der Waals surface area contributed by atoms with E-state index in [1.54, 1.807) is 0 Å². The molecular weight excluding hydrogens is 357 g/mol. The third-order valence-corrected chi connectivity index (χ3v) is 8.25. The van der Waals surface area contributed by atoms with Crippen molar-refractivity contribution in [3.8, 4) is 0 Å². The van der Waals surface area contributed by atoms with Crippen LogP contribution < -0.4 is 10.6 Å². The highest BCUT2D eigenvalue weighted by Gasteiger charge is 2.40. The summed E-state index contributed by atoms with van der Waals surface area (Å²) in [4.78, 5) is 11.1. The number of benzene rings is 3. The fraction of sp³-hybridized carbons (Fsp3) is 0.182. The van der Waals surface area contributed by atoms with Gasteiger partial charge in [-0.1, -0.05) is 90.0 Å². The molecule has 27 heavy (non-hydrogen) atoms. The first kappa shape index (κ1) is 19.1. The van der Waals surface area contributed by atoms with Gasteiger partial charge in [0.05, 0.1) is 0 Å². The van der Waals surface area contributed by atoms with Crippen molar-refractivity contribution < 1.29 is 9.49 Å². The van der Waals surface area contributed by atoms with Crippen LogP contribution >= 0.6 is 7.14 Å². The molecule has 0 aliphatic carbocycles. The highest BCUT2D eigenvalue weighted by atomic mass is 31.2. The average molecular weight is 379 g/mol. The van der Waals surface area contributed by atoms with Crippen molar-refractivity contribution in [2.24, 2.45) is 0 Å². The lowest BCUT2D eigenvalue weighted by Gasteiger charge is -2.27. The van der Waals surface area contributed by atoms with Crippen molar-refractivity contribution in [1.82, 2.24) is 0 Å². The Bertz CT molecular complexity index is 917. The number of hydrogen-bond donors (Lipinski definition) is 0. The standard InChI is InChI=1S/C22H22NO3P/c1-17-8-12-20(13-9-17)27(26,21-14-10-18(2)11-15-21)22(16-23(24)25)19-6-4-3-5-7-19/h3-15,22H,16H2,1-2H3. The summed E-state index contributed by atoms with van der Waals surface area (Å²) in [5, 5.41) is 12.8. The average Bonchev–Trinajstić information content (AvgIpc) is 2.67. The van der Waals surface area contributed by atoms with E-state index in [-0.39, 0.29) is 11.5 Å². The molecule has 1 atom stereocenters. The van der Waals surface area contributed by atoms with Crippen LogP contribution in [0, 0.1) is 24.0 Å². The Morgan fingerprint density at radius 3 is 1.67 bits per heavy atom. The van der Waals surface area contributed by atoms with E-state index in [1.165, 1.54) is 0 Å². The lowest BCUT2D eigenvalue weighted by atomic mass is 10.1. The number of aryl methyl sites for hydroxylation is 2. The van der Waals surface area contributed by atoms with Gasteiger partial charge >= 0.3 is 0 Å². The Hall–Kier alpha value is -2.71. The number of rotatable bonds is 6. The number of hydrogen-bond acceptors (Lipinski definition) is 3. The molecule has 4 nitrogen and oxygen atoms in total. The maximum absolute atomic E-state index is 14.6. The molecule has 3 aromatic carbocycles. The molecule has 0 fully saturated rings. The summed E-state index contributed by atoms with van der Waals surface area (Å²) in [7, 11) is -3.29.